The normalized spacial score (nSPS) is 9.80. The minimum atomic E-state index is -0.261. The van der Waals surface area contributed by atoms with Crippen LogP contribution in [0.4, 0.5) is 0 Å². The second-order valence-corrected chi connectivity index (χ2v) is 2.04. The first-order valence-corrected chi connectivity index (χ1v) is 2.93. The fraction of sp³-hybridized carbons (Fsp3) is 0.286. The molecule has 10 heavy (non-hydrogen) atoms. The molecule has 0 bridgehead atoms. The lowest BCUT2D eigenvalue weighted by atomic mass is 10.3. The van der Waals surface area contributed by atoms with Crippen molar-refractivity contribution < 1.29 is 9.52 Å². The molecule has 54 valence electrons. The lowest BCUT2D eigenvalue weighted by Gasteiger charge is -1.93. The maximum absolute atomic E-state index is 10.9. The molecule has 0 aliphatic heterocycles. The lowest BCUT2D eigenvalue weighted by molar-refractivity contribution is 0.276. The van der Waals surface area contributed by atoms with Crippen LogP contribution in [-0.2, 0) is 6.61 Å². The SMILES string of the molecule is Cc1cc(=O)c(CO)co1. The first-order chi connectivity index (χ1) is 4.74. The van der Waals surface area contributed by atoms with Gasteiger partial charge >= 0.3 is 0 Å². The molecule has 0 aliphatic rings. The van der Waals surface area contributed by atoms with E-state index in [9.17, 15) is 4.79 Å². The summed E-state index contributed by atoms with van der Waals surface area (Å²) in [6, 6.07) is 1.35. The molecule has 0 radical (unpaired) electrons. The Bertz CT molecular complexity index is 274. The van der Waals surface area contributed by atoms with Crippen molar-refractivity contribution >= 4 is 0 Å². The zero-order valence-electron chi connectivity index (χ0n) is 5.63. The highest BCUT2D eigenvalue weighted by Gasteiger charge is 1.97. The number of aliphatic hydroxyl groups is 1. The van der Waals surface area contributed by atoms with Gasteiger partial charge in [-0.1, -0.05) is 0 Å². The van der Waals surface area contributed by atoms with E-state index in [0.717, 1.165) is 0 Å². The topological polar surface area (TPSA) is 50.4 Å². The van der Waals surface area contributed by atoms with Crippen molar-refractivity contribution in [2.24, 2.45) is 0 Å². The Balaban J connectivity index is 3.20. The van der Waals surface area contributed by atoms with E-state index >= 15 is 0 Å². The van der Waals surface area contributed by atoms with Gasteiger partial charge in [0.2, 0.25) is 0 Å². The zero-order valence-corrected chi connectivity index (χ0v) is 5.63. The van der Waals surface area contributed by atoms with Crippen LogP contribution in [0.2, 0.25) is 0 Å². The van der Waals surface area contributed by atoms with Crippen LogP contribution in [0.1, 0.15) is 11.3 Å². The van der Waals surface area contributed by atoms with E-state index in [1.165, 1.54) is 12.3 Å². The molecule has 1 aromatic heterocycles. The van der Waals surface area contributed by atoms with Crippen molar-refractivity contribution in [3.05, 3.63) is 33.9 Å². The van der Waals surface area contributed by atoms with Gasteiger partial charge in [0.1, 0.15) is 5.76 Å². The Hall–Kier alpha value is -1.09. The first kappa shape index (κ1) is 7.02. The predicted octanol–water partition coefficient (Wildman–Crippen LogP) is 0.441. The monoisotopic (exact) mass is 140 g/mol. The van der Waals surface area contributed by atoms with Crippen LogP contribution >= 0.6 is 0 Å². The quantitative estimate of drug-likeness (QED) is 0.615. The predicted molar refractivity (Wildman–Crippen MR) is 35.6 cm³/mol. The summed E-state index contributed by atoms with van der Waals surface area (Å²) in [6.07, 6.45) is 1.28. The third kappa shape index (κ3) is 1.25. The van der Waals surface area contributed by atoms with Gasteiger partial charge in [0.05, 0.1) is 18.4 Å². The third-order valence-corrected chi connectivity index (χ3v) is 1.21. The van der Waals surface area contributed by atoms with Crippen molar-refractivity contribution in [2.45, 2.75) is 13.5 Å². The molecular formula is C7H8O3. The van der Waals surface area contributed by atoms with Crippen LogP contribution in [0.3, 0.4) is 0 Å². The average molecular weight is 140 g/mol. The second kappa shape index (κ2) is 2.66. The molecule has 0 saturated heterocycles. The molecule has 0 atom stereocenters. The maximum Gasteiger partial charge on any atom is 0.190 e. The van der Waals surface area contributed by atoms with E-state index in [4.69, 9.17) is 9.52 Å². The van der Waals surface area contributed by atoms with E-state index in [1.54, 1.807) is 6.92 Å². The molecule has 0 aromatic carbocycles. The molecule has 0 unspecified atom stereocenters. The summed E-state index contributed by atoms with van der Waals surface area (Å²) >= 11 is 0. The van der Waals surface area contributed by atoms with Crippen LogP contribution in [0, 0.1) is 6.92 Å². The number of aliphatic hydroxyl groups excluding tert-OH is 1. The number of rotatable bonds is 1. The molecule has 0 aliphatic carbocycles. The van der Waals surface area contributed by atoms with Crippen molar-refractivity contribution in [2.75, 3.05) is 0 Å². The highest BCUT2D eigenvalue weighted by molar-refractivity contribution is 5.09. The molecule has 0 saturated carbocycles. The smallest absolute Gasteiger partial charge is 0.190 e. The Morgan fingerprint density at radius 1 is 1.70 bits per heavy atom. The molecule has 1 rings (SSSR count). The van der Waals surface area contributed by atoms with Gasteiger partial charge in [-0.3, -0.25) is 4.79 Å². The van der Waals surface area contributed by atoms with Gasteiger partial charge in [-0.25, -0.2) is 0 Å². The minimum Gasteiger partial charge on any atom is -0.469 e. The van der Waals surface area contributed by atoms with Gasteiger partial charge in [-0.05, 0) is 6.92 Å². The van der Waals surface area contributed by atoms with Crippen molar-refractivity contribution in [1.82, 2.24) is 0 Å². The highest BCUT2D eigenvalue weighted by atomic mass is 16.3. The maximum atomic E-state index is 10.9. The Labute approximate surface area is 57.9 Å². The van der Waals surface area contributed by atoms with Gasteiger partial charge in [-0.2, -0.15) is 0 Å². The summed E-state index contributed by atoms with van der Waals surface area (Å²) in [5.41, 5.74) is 0.122. The highest BCUT2D eigenvalue weighted by Crippen LogP contribution is 1.95. The first-order valence-electron chi connectivity index (χ1n) is 2.93. The molecule has 0 fully saturated rings. The Morgan fingerprint density at radius 2 is 2.40 bits per heavy atom. The van der Waals surface area contributed by atoms with E-state index in [2.05, 4.69) is 0 Å². The summed E-state index contributed by atoms with van der Waals surface area (Å²) in [5.74, 6) is 0.558. The van der Waals surface area contributed by atoms with Gasteiger partial charge in [0, 0.05) is 6.07 Å². The van der Waals surface area contributed by atoms with Gasteiger partial charge in [-0.15, -0.1) is 0 Å². The Kier molecular flexibility index (Phi) is 1.87. The second-order valence-electron chi connectivity index (χ2n) is 2.04. The number of hydrogen-bond donors (Lipinski definition) is 1. The van der Waals surface area contributed by atoms with Crippen molar-refractivity contribution in [3.8, 4) is 0 Å². The summed E-state index contributed by atoms with van der Waals surface area (Å²) < 4.78 is 4.87. The third-order valence-electron chi connectivity index (χ3n) is 1.21. The lowest BCUT2D eigenvalue weighted by Crippen LogP contribution is -2.06. The largest absolute Gasteiger partial charge is 0.469 e. The van der Waals surface area contributed by atoms with Gasteiger partial charge < -0.3 is 9.52 Å². The summed E-state index contributed by atoms with van der Waals surface area (Å²) in [5, 5.41) is 8.55. The summed E-state index contributed by atoms with van der Waals surface area (Å²) in [7, 11) is 0. The molecule has 3 nitrogen and oxygen atoms in total. The number of aryl methyl sites for hydroxylation is 1. The van der Waals surface area contributed by atoms with Crippen LogP contribution < -0.4 is 5.43 Å². The number of hydrogen-bond acceptors (Lipinski definition) is 3. The van der Waals surface area contributed by atoms with Gasteiger partial charge in [0.15, 0.2) is 5.43 Å². The molecule has 0 amide bonds. The zero-order chi connectivity index (χ0) is 7.56. The van der Waals surface area contributed by atoms with Crippen LogP contribution in [0.15, 0.2) is 21.5 Å². The molecule has 1 heterocycles. The van der Waals surface area contributed by atoms with Crippen LogP contribution in [0.25, 0.3) is 0 Å². The molecule has 3 heteroatoms. The fourth-order valence-corrected chi connectivity index (χ4v) is 0.649. The van der Waals surface area contributed by atoms with Crippen molar-refractivity contribution in [3.63, 3.8) is 0 Å². The van der Waals surface area contributed by atoms with Crippen molar-refractivity contribution in [1.29, 1.82) is 0 Å². The summed E-state index contributed by atoms with van der Waals surface area (Å²) in [6.45, 7) is 1.42. The van der Waals surface area contributed by atoms with E-state index in [0.29, 0.717) is 11.3 Å². The van der Waals surface area contributed by atoms with E-state index in [1.807, 2.05) is 0 Å². The van der Waals surface area contributed by atoms with E-state index < -0.39 is 0 Å². The van der Waals surface area contributed by atoms with E-state index in [-0.39, 0.29) is 12.0 Å². The molecule has 1 aromatic rings. The molecule has 0 spiro atoms. The summed E-state index contributed by atoms with van der Waals surface area (Å²) in [4.78, 5) is 10.9. The molecule has 1 N–H and O–H groups in total. The Morgan fingerprint density at radius 3 is 2.90 bits per heavy atom. The fourth-order valence-electron chi connectivity index (χ4n) is 0.649. The van der Waals surface area contributed by atoms with Crippen LogP contribution in [0.5, 0.6) is 0 Å². The molecular weight excluding hydrogens is 132 g/mol. The minimum absolute atomic E-state index is 0.175. The average Bonchev–Trinajstić information content (AvgIpc) is 1.88. The van der Waals surface area contributed by atoms with Crippen LogP contribution in [-0.4, -0.2) is 5.11 Å². The van der Waals surface area contributed by atoms with Gasteiger partial charge in [0.25, 0.3) is 0 Å². The standard InChI is InChI=1S/C7H8O3/c1-5-2-7(9)6(3-8)4-10-5/h2,4,8H,3H2,1H3.